The number of ether oxygens (including phenoxy) is 1. The molecule has 0 spiro atoms. The third-order valence-corrected chi connectivity index (χ3v) is 5.25. The van der Waals surface area contributed by atoms with E-state index in [1.165, 1.54) is 6.33 Å². The highest BCUT2D eigenvalue weighted by atomic mass is 19.3. The Morgan fingerprint density at radius 1 is 1.33 bits per heavy atom. The molecule has 1 fully saturated rings. The molecule has 0 radical (unpaired) electrons. The number of hydrogen-bond donors (Lipinski definition) is 2. The zero-order valence-electron chi connectivity index (χ0n) is 16.4. The van der Waals surface area contributed by atoms with E-state index >= 15 is 0 Å². The summed E-state index contributed by atoms with van der Waals surface area (Å²) in [6.45, 7) is 1.58. The van der Waals surface area contributed by atoms with Crippen molar-refractivity contribution in [2.24, 2.45) is 5.92 Å². The Morgan fingerprint density at radius 3 is 2.90 bits per heavy atom. The van der Waals surface area contributed by atoms with Crippen molar-refractivity contribution >= 4 is 22.9 Å². The number of piperidine rings is 1. The Kier molecular flexibility index (Phi) is 5.47. The summed E-state index contributed by atoms with van der Waals surface area (Å²) >= 11 is 0. The minimum Gasteiger partial charge on any atom is -0.445 e. The maximum atomic E-state index is 14.7. The molecule has 0 saturated carbocycles. The molecule has 0 bridgehead atoms. The molecule has 0 aliphatic carbocycles. The van der Waals surface area contributed by atoms with Crippen molar-refractivity contribution in [3.05, 3.63) is 47.9 Å². The average Bonchev–Trinajstić information content (AvgIpc) is 3.21. The van der Waals surface area contributed by atoms with Crippen LogP contribution in [0.1, 0.15) is 17.5 Å². The fraction of sp³-hybridized carbons (Fsp3) is 0.400. The smallest absolute Gasteiger partial charge is 0.410 e. The Hall–Kier alpha value is -3.30. The summed E-state index contributed by atoms with van der Waals surface area (Å²) in [5.74, 6) is -3.53. The van der Waals surface area contributed by atoms with E-state index in [2.05, 4.69) is 25.5 Å². The summed E-state index contributed by atoms with van der Waals surface area (Å²) in [6.07, 6.45) is 2.31. The van der Waals surface area contributed by atoms with Crippen LogP contribution in [0.25, 0.3) is 11.0 Å². The highest BCUT2D eigenvalue weighted by Crippen LogP contribution is 2.33. The van der Waals surface area contributed by atoms with Gasteiger partial charge in [-0.15, -0.1) is 0 Å². The van der Waals surface area contributed by atoms with E-state index in [0.717, 1.165) is 16.0 Å². The number of halogens is 2. The van der Waals surface area contributed by atoms with Crippen molar-refractivity contribution in [1.82, 2.24) is 25.1 Å². The fourth-order valence-corrected chi connectivity index (χ4v) is 3.44. The number of aromatic nitrogens is 4. The molecule has 3 aromatic rings. The fourth-order valence-electron chi connectivity index (χ4n) is 3.44. The van der Waals surface area contributed by atoms with Crippen LogP contribution in [0.5, 0.6) is 0 Å². The highest BCUT2D eigenvalue weighted by Gasteiger charge is 2.46. The van der Waals surface area contributed by atoms with Gasteiger partial charge in [0.2, 0.25) is 0 Å². The number of hydrogen-bond acceptors (Lipinski definition) is 6. The van der Waals surface area contributed by atoms with Gasteiger partial charge in [0.05, 0.1) is 18.1 Å². The third kappa shape index (κ3) is 4.32. The SMILES string of the molecule is Cc1ccc(COC(=O)N2CC[C@H](CNc3ncnc4[nH]ncc34)C(F)(F)C2)cc1. The van der Waals surface area contributed by atoms with Gasteiger partial charge in [0.1, 0.15) is 18.8 Å². The number of nitrogens with one attached hydrogen (secondary N) is 2. The summed E-state index contributed by atoms with van der Waals surface area (Å²) < 4.78 is 34.6. The average molecular weight is 416 g/mol. The van der Waals surface area contributed by atoms with Crippen LogP contribution >= 0.6 is 0 Å². The molecule has 2 N–H and O–H groups in total. The van der Waals surface area contributed by atoms with E-state index < -0.39 is 24.5 Å². The van der Waals surface area contributed by atoms with Gasteiger partial charge in [0, 0.05) is 19.0 Å². The van der Waals surface area contributed by atoms with Crippen LogP contribution < -0.4 is 5.32 Å². The molecular formula is C20H22F2N6O2. The predicted molar refractivity (Wildman–Crippen MR) is 106 cm³/mol. The summed E-state index contributed by atoms with van der Waals surface area (Å²) in [5.41, 5.74) is 2.44. The lowest BCUT2D eigenvalue weighted by molar-refractivity contribution is -0.101. The lowest BCUT2D eigenvalue weighted by Crippen LogP contribution is -2.52. The number of aryl methyl sites for hydroxylation is 1. The first-order chi connectivity index (χ1) is 14.4. The number of H-pyrrole nitrogens is 1. The first kappa shape index (κ1) is 20.0. The number of fused-ring (bicyclic) bond motifs is 1. The molecule has 1 aliphatic heterocycles. The summed E-state index contributed by atoms with van der Waals surface area (Å²) in [4.78, 5) is 21.5. The molecule has 4 rings (SSSR count). The van der Waals surface area contributed by atoms with E-state index in [4.69, 9.17) is 4.74 Å². The topological polar surface area (TPSA) is 96.0 Å². The van der Waals surface area contributed by atoms with E-state index in [0.29, 0.717) is 16.9 Å². The Labute approximate surface area is 171 Å². The monoisotopic (exact) mass is 416 g/mol. The number of alkyl halides is 2. The van der Waals surface area contributed by atoms with Gasteiger partial charge in [-0.3, -0.25) is 5.10 Å². The molecule has 1 amide bonds. The zero-order valence-corrected chi connectivity index (χ0v) is 16.4. The maximum Gasteiger partial charge on any atom is 0.410 e. The minimum absolute atomic E-state index is 0.0244. The van der Waals surface area contributed by atoms with Crippen molar-refractivity contribution in [1.29, 1.82) is 0 Å². The predicted octanol–water partition coefficient (Wildman–Crippen LogP) is 3.37. The van der Waals surface area contributed by atoms with E-state index in [-0.39, 0.29) is 26.1 Å². The summed E-state index contributed by atoms with van der Waals surface area (Å²) in [7, 11) is 0. The van der Waals surface area contributed by atoms with Crippen LogP contribution in [0.4, 0.5) is 19.4 Å². The number of rotatable bonds is 5. The van der Waals surface area contributed by atoms with Crippen molar-refractivity contribution < 1.29 is 18.3 Å². The van der Waals surface area contributed by atoms with Gasteiger partial charge in [-0.2, -0.15) is 5.10 Å². The van der Waals surface area contributed by atoms with Crippen molar-refractivity contribution in [2.45, 2.75) is 25.9 Å². The second-order valence-electron chi connectivity index (χ2n) is 7.44. The van der Waals surface area contributed by atoms with E-state index in [9.17, 15) is 13.6 Å². The third-order valence-electron chi connectivity index (χ3n) is 5.25. The summed E-state index contributed by atoms with van der Waals surface area (Å²) in [6, 6.07) is 7.51. The van der Waals surface area contributed by atoms with Gasteiger partial charge in [-0.05, 0) is 18.9 Å². The Morgan fingerprint density at radius 2 is 2.13 bits per heavy atom. The second kappa shape index (κ2) is 8.21. The lowest BCUT2D eigenvalue weighted by atomic mass is 9.93. The first-order valence-electron chi connectivity index (χ1n) is 9.65. The number of nitrogens with zero attached hydrogens (tertiary/aromatic N) is 4. The molecule has 1 aliphatic rings. The van der Waals surface area contributed by atoms with Crippen LogP contribution in [0.2, 0.25) is 0 Å². The summed E-state index contributed by atoms with van der Waals surface area (Å²) in [5, 5.41) is 10.2. The molecule has 10 heteroatoms. The van der Waals surface area contributed by atoms with Crippen LogP contribution in [0.15, 0.2) is 36.8 Å². The lowest BCUT2D eigenvalue weighted by Gasteiger charge is -2.37. The van der Waals surface area contributed by atoms with Crippen molar-refractivity contribution in [3.63, 3.8) is 0 Å². The Bertz CT molecular complexity index is 1020. The van der Waals surface area contributed by atoms with Gasteiger partial charge in [-0.25, -0.2) is 23.5 Å². The van der Waals surface area contributed by atoms with Gasteiger partial charge in [0.25, 0.3) is 5.92 Å². The molecular weight excluding hydrogens is 394 g/mol. The molecule has 30 heavy (non-hydrogen) atoms. The number of benzene rings is 1. The number of carbonyl (C=O) groups excluding carboxylic acids is 1. The highest BCUT2D eigenvalue weighted by molar-refractivity contribution is 5.85. The molecule has 1 aromatic carbocycles. The molecule has 158 valence electrons. The Balaban J connectivity index is 1.32. The van der Waals surface area contributed by atoms with Crippen LogP contribution in [-0.4, -0.2) is 56.7 Å². The van der Waals surface area contributed by atoms with Gasteiger partial charge >= 0.3 is 6.09 Å². The van der Waals surface area contributed by atoms with Gasteiger partial charge in [0.15, 0.2) is 5.65 Å². The van der Waals surface area contributed by atoms with Crippen molar-refractivity contribution in [2.75, 3.05) is 25.0 Å². The maximum absolute atomic E-state index is 14.7. The number of amides is 1. The van der Waals surface area contributed by atoms with Crippen molar-refractivity contribution in [3.8, 4) is 0 Å². The first-order valence-corrected chi connectivity index (χ1v) is 9.65. The van der Waals surface area contributed by atoms with Crippen LogP contribution in [-0.2, 0) is 11.3 Å². The molecule has 1 atom stereocenters. The molecule has 3 heterocycles. The van der Waals surface area contributed by atoms with Gasteiger partial charge < -0.3 is 15.0 Å². The van der Waals surface area contributed by atoms with E-state index in [1.807, 2.05) is 31.2 Å². The quantitative estimate of drug-likeness (QED) is 0.662. The van der Waals surface area contributed by atoms with Gasteiger partial charge in [-0.1, -0.05) is 29.8 Å². The minimum atomic E-state index is -3.04. The largest absolute Gasteiger partial charge is 0.445 e. The van der Waals surface area contributed by atoms with E-state index in [1.54, 1.807) is 6.20 Å². The zero-order chi connectivity index (χ0) is 21.1. The number of carbonyl (C=O) groups is 1. The number of aromatic amines is 1. The molecule has 8 nitrogen and oxygen atoms in total. The van der Waals surface area contributed by atoms with Crippen LogP contribution in [0.3, 0.4) is 0 Å². The second-order valence-corrected chi connectivity index (χ2v) is 7.44. The molecule has 0 unspecified atom stereocenters. The standard InChI is InChI=1S/C20H22F2N6O2/c1-13-2-4-14(5-3-13)10-30-19(29)28-7-6-15(20(21,22)11-28)8-23-17-16-9-26-27-18(16)25-12-24-17/h2-5,9,12,15H,6-8,10-11H2,1H3,(H2,23,24,25,26,27)/t15-/m1/s1. The molecule has 2 aromatic heterocycles. The van der Waals surface area contributed by atoms with Crippen LogP contribution in [0, 0.1) is 12.8 Å². The number of anilines is 1. The normalized spacial score (nSPS) is 18.4. The molecule has 1 saturated heterocycles. The number of likely N-dealkylation sites (tertiary alicyclic amines) is 1.